The van der Waals surface area contributed by atoms with Crippen molar-refractivity contribution in [3.63, 3.8) is 0 Å². The third-order valence-corrected chi connectivity index (χ3v) is 5.17. The van der Waals surface area contributed by atoms with Gasteiger partial charge in [-0.05, 0) is 35.9 Å². The number of aryl methyl sites for hydroxylation is 1. The molecule has 0 amide bonds. The first-order valence-corrected chi connectivity index (χ1v) is 9.34. The highest BCUT2D eigenvalue weighted by Crippen LogP contribution is 2.19. The highest BCUT2D eigenvalue weighted by atomic mass is 32.2. The van der Waals surface area contributed by atoms with E-state index in [9.17, 15) is 8.42 Å². The zero-order valence-corrected chi connectivity index (χ0v) is 15.2. The van der Waals surface area contributed by atoms with Crippen molar-refractivity contribution in [3.8, 4) is 0 Å². The van der Waals surface area contributed by atoms with Crippen LogP contribution >= 0.6 is 0 Å². The van der Waals surface area contributed by atoms with Gasteiger partial charge < -0.3 is 4.90 Å². The Labute approximate surface area is 147 Å². The molecule has 130 valence electrons. The van der Waals surface area contributed by atoms with E-state index >= 15 is 0 Å². The molecule has 2 aromatic carbocycles. The molecule has 0 fully saturated rings. The average Bonchev–Trinajstić information content (AvgIpc) is 2.59. The van der Waals surface area contributed by atoms with Crippen LogP contribution in [-0.2, 0) is 16.6 Å². The number of hydrogen-bond donors (Lipinski definition) is 1. The van der Waals surface area contributed by atoms with Crippen LogP contribution in [0, 0.1) is 6.92 Å². The monoisotopic (exact) mass is 356 g/mol. The van der Waals surface area contributed by atoms with Crippen molar-refractivity contribution in [1.29, 1.82) is 0 Å². The zero-order valence-electron chi connectivity index (χ0n) is 14.4. The number of nitrogens with one attached hydrogen (secondary N) is 1. The van der Waals surface area contributed by atoms with Gasteiger partial charge in [-0.1, -0.05) is 30.3 Å². The lowest BCUT2D eigenvalue weighted by molar-refractivity contribution is 0.580. The van der Waals surface area contributed by atoms with Crippen molar-refractivity contribution < 1.29 is 8.42 Å². The van der Waals surface area contributed by atoms with E-state index in [0.29, 0.717) is 11.6 Å². The molecule has 0 aliphatic heterocycles. The maximum atomic E-state index is 12.6. The van der Waals surface area contributed by atoms with Gasteiger partial charge in [-0.15, -0.1) is 0 Å². The molecule has 3 aromatic rings. The van der Waals surface area contributed by atoms with Gasteiger partial charge in [0, 0.05) is 19.8 Å². The van der Waals surface area contributed by atoms with E-state index in [-0.39, 0.29) is 11.4 Å². The Morgan fingerprint density at radius 3 is 2.44 bits per heavy atom. The van der Waals surface area contributed by atoms with Gasteiger partial charge in [0.1, 0.15) is 0 Å². The Kier molecular flexibility index (Phi) is 4.69. The minimum absolute atomic E-state index is 0.110. The minimum atomic E-state index is -3.62. The van der Waals surface area contributed by atoms with Crippen molar-refractivity contribution in [3.05, 3.63) is 59.9 Å². The van der Waals surface area contributed by atoms with Gasteiger partial charge in [0.2, 0.25) is 16.0 Å². The van der Waals surface area contributed by atoms with Crippen molar-refractivity contribution in [2.75, 3.05) is 19.0 Å². The molecule has 0 aliphatic carbocycles. The number of sulfonamides is 1. The summed E-state index contributed by atoms with van der Waals surface area (Å²) >= 11 is 0. The molecule has 0 spiro atoms. The molecule has 1 aromatic heterocycles. The number of rotatable bonds is 5. The third-order valence-electron chi connectivity index (χ3n) is 3.77. The topological polar surface area (TPSA) is 75.2 Å². The molecule has 0 saturated heterocycles. The summed E-state index contributed by atoms with van der Waals surface area (Å²) in [7, 11) is 0.0702. The lowest BCUT2D eigenvalue weighted by Crippen LogP contribution is -2.24. The second-order valence-corrected chi connectivity index (χ2v) is 7.80. The zero-order chi connectivity index (χ0) is 18.0. The number of anilines is 1. The normalized spacial score (nSPS) is 11.6. The van der Waals surface area contributed by atoms with Gasteiger partial charge in [-0.25, -0.2) is 23.1 Å². The minimum Gasteiger partial charge on any atom is -0.347 e. The van der Waals surface area contributed by atoms with Crippen LogP contribution < -0.4 is 9.62 Å². The van der Waals surface area contributed by atoms with Crippen LogP contribution in [0.25, 0.3) is 10.8 Å². The fourth-order valence-electron chi connectivity index (χ4n) is 2.49. The number of aromatic nitrogens is 2. The summed E-state index contributed by atoms with van der Waals surface area (Å²) in [4.78, 5) is 10.7. The highest BCUT2D eigenvalue weighted by Gasteiger charge is 2.15. The first-order valence-electron chi connectivity index (χ1n) is 7.85. The fourth-order valence-corrected chi connectivity index (χ4v) is 3.53. The van der Waals surface area contributed by atoms with Crippen LogP contribution in [0.3, 0.4) is 0 Å². The predicted molar refractivity (Wildman–Crippen MR) is 99.1 cm³/mol. The molecule has 0 bridgehead atoms. The van der Waals surface area contributed by atoms with Gasteiger partial charge in [0.05, 0.1) is 17.1 Å². The molecule has 7 heteroatoms. The molecule has 3 rings (SSSR count). The lowest BCUT2D eigenvalue weighted by Gasteiger charge is -2.13. The molecule has 0 radical (unpaired) electrons. The molecule has 1 heterocycles. The second kappa shape index (κ2) is 6.78. The van der Waals surface area contributed by atoms with Gasteiger partial charge in [-0.3, -0.25) is 0 Å². The summed E-state index contributed by atoms with van der Waals surface area (Å²) in [5, 5.41) is 1.89. The van der Waals surface area contributed by atoms with Crippen LogP contribution in [0.15, 0.2) is 53.4 Å². The average molecular weight is 356 g/mol. The van der Waals surface area contributed by atoms with Crippen molar-refractivity contribution in [2.45, 2.75) is 18.4 Å². The Morgan fingerprint density at radius 1 is 1.00 bits per heavy atom. The molecule has 25 heavy (non-hydrogen) atoms. The standard InChI is InChI=1S/C18H20N4O2S/c1-13-10-16(21-18(20-13)22(2)3)12-19-25(23,24)17-9-8-14-6-4-5-7-15(14)11-17/h4-11,19H,12H2,1-3H3. The van der Waals surface area contributed by atoms with E-state index in [4.69, 9.17) is 0 Å². The molecule has 0 atom stereocenters. The summed E-state index contributed by atoms with van der Waals surface area (Å²) in [5.41, 5.74) is 1.42. The van der Waals surface area contributed by atoms with E-state index < -0.39 is 10.0 Å². The summed E-state index contributed by atoms with van der Waals surface area (Å²) in [6.45, 7) is 1.97. The van der Waals surface area contributed by atoms with Gasteiger partial charge in [0.25, 0.3) is 0 Å². The van der Waals surface area contributed by atoms with Crippen molar-refractivity contribution in [2.24, 2.45) is 0 Å². The fraction of sp³-hybridized carbons (Fsp3) is 0.222. The summed E-state index contributed by atoms with van der Waals surface area (Å²) in [6, 6.07) is 14.5. The second-order valence-electron chi connectivity index (χ2n) is 6.03. The van der Waals surface area contributed by atoms with Crippen LogP contribution in [0.1, 0.15) is 11.4 Å². The van der Waals surface area contributed by atoms with E-state index in [2.05, 4.69) is 14.7 Å². The van der Waals surface area contributed by atoms with Gasteiger partial charge in [0.15, 0.2) is 0 Å². The molecule has 0 saturated carbocycles. The van der Waals surface area contributed by atoms with Gasteiger partial charge in [-0.2, -0.15) is 0 Å². The molecular formula is C18H20N4O2S. The maximum absolute atomic E-state index is 12.6. The Bertz CT molecular complexity index is 1020. The van der Waals surface area contributed by atoms with Gasteiger partial charge >= 0.3 is 0 Å². The van der Waals surface area contributed by atoms with Crippen molar-refractivity contribution >= 4 is 26.7 Å². The SMILES string of the molecule is Cc1cc(CNS(=O)(=O)c2ccc3ccccc3c2)nc(N(C)C)n1. The Morgan fingerprint density at radius 2 is 1.72 bits per heavy atom. The molecular weight excluding hydrogens is 336 g/mol. The number of fused-ring (bicyclic) bond motifs is 1. The number of nitrogens with zero attached hydrogens (tertiary/aromatic N) is 3. The maximum Gasteiger partial charge on any atom is 0.240 e. The van der Waals surface area contributed by atoms with E-state index in [1.165, 1.54) is 0 Å². The number of hydrogen-bond acceptors (Lipinski definition) is 5. The van der Waals surface area contributed by atoms with Crippen LogP contribution in [0.4, 0.5) is 5.95 Å². The number of benzene rings is 2. The molecule has 0 unspecified atom stereocenters. The van der Waals surface area contributed by atoms with E-state index in [1.54, 1.807) is 23.1 Å². The quantitative estimate of drug-likeness (QED) is 0.760. The summed E-state index contributed by atoms with van der Waals surface area (Å²) in [6.07, 6.45) is 0. The van der Waals surface area contributed by atoms with E-state index in [0.717, 1.165) is 16.5 Å². The van der Waals surface area contributed by atoms with Crippen molar-refractivity contribution in [1.82, 2.24) is 14.7 Å². The van der Waals surface area contributed by atoms with Crippen LogP contribution in [-0.4, -0.2) is 32.5 Å². The predicted octanol–water partition coefficient (Wildman–Crippen LogP) is 2.48. The summed E-state index contributed by atoms with van der Waals surface area (Å²) in [5.74, 6) is 0.555. The highest BCUT2D eigenvalue weighted by molar-refractivity contribution is 7.89. The molecule has 1 N–H and O–H groups in total. The molecule has 0 aliphatic rings. The largest absolute Gasteiger partial charge is 0.347 e. The first-order chi connectivity index (χ1) is 11.8. The van der Waals surface area contributed by atoms with E-state index in [1.807, 2.05) is 51.4 Å². The smallest absolute Gasteiger partial charge is 0.240 e. The van der Waals surface area contributed by atoms with Crippen LogP contribution in [0.5, 0.6) is 0 Å². The molecule has 6 nitrogen and oxygen atoms in total. The third kappa shape index (κ3) is 3.94. The lowest BCUT2D eigenvalue weighted by atomic mass is 10.1. The summed E-state index contributed by atoms with van der Waals surface area (Å²) < 4.78 is 27.8. The first kappa shape index (κ1) is 17.3. The Balaban J connectivity index is 1.84. The van der Waals surface area contributed by atoms with Crippen LogP contribution in [0.2, 0.25) is 0 Å². The Hall–Kier alpha value is -2.51.